The lowest BCUT2D eigenvalue weighted by Crippen LogP contribution is -2.44. The predicted molar refractivity (Wildman–Crippen MR) is 116 cm³/mol. The average Bonchev–Trinajstić information content (AvgIpc) is 2.72. The smallest absolute Gasteiger partial charge is 0.323 e. The van der Waals surface area contributed by atoms with E-state index in [-0.39, 0.29) is 22.0 Å². The number of rotatable bonds is 3. The van der Waals surface area contributed by atoms with Crippen LogP contribution in [-0.4, -0.2) is 51.6 Å². The van der Waals surface area contributed by atoms with Gasteiger partial charge in [-0.25, -0.2) is 4.85 Å². The number of aryl methyl sites for hydroxylation is 1. The molecule has 7 nitrogen and oxygen atoms in total. The fourth-order valence-corrected chi connectivity index (χ4v) is 4.87. The van der Waals surface area contributed by atoms with E-state index < -0.39 is 18.4 Å². The average molecular weight is 423 g/mol. The Hall–Kier alpha value is -3.18. The Kier molecular flexibility index (Phi) is 5.08. The van der Waals surface area contributed by atoms with Crippen LogP contribution in [0.25, 0.3) is 10.9 Å². The summed E-state index contributed by atoms with van der Waals surface area (Å²) in [7, 11) is 0. The third-order valence-corrected chi connectivity index (χ3v) is 6.33. The minimum absolute atomic E-state index is 0.0764. The SMILES string of the molecule is [C-]#[N+]C1=C(C)/C(=C/c2cc3c4c(c2O)CCCN4CCC3)C(=O)N(CC(=O)O)C1=S. The molecule has 0 spiro atoms. The molecule has 0 unspecified atom stereocenters. The summed E-state index contributed by atoms with van der Waals surface area (Å²) in [5.74, 6) is -1.63. The van der Waals surface area contributed by atoms with Crippen molar-refractivity contribution >= 4 is 40.8 Å². The Balaban J connectivity index is 1.87. The number of aromatic hydroxyl groups is 1. The molecular weight excluding hydrogens is 402 g/mol. The second-order valence-corrected chi connectivity index (χ2v) is 8.12. The summed E-state index contributed by atoms with van der Waals surface area (Å²) < 4.78 is 0. The molecule has 1 amide bonds. The highest BCUT2D eigenvalue weighted by Crippen LogP contribution is 2.43. The molecule has 0 fully saturated rings. The number of anilines is 1. The van der Waals surface area contributed by atoms with Gasteiger partial charge in [-0.2, -0.15) is 0 Å². The van der Waals surface area contributed by atoms with Gasteiger partial charge >= 0.3 is 5.97 Å². The van der Waals surface area contributed by atoms with Gasteiger partial charge in [-0.15, -0.1) is 0 Å². The monoisotopic (exact) mass is 423 g/mol. The van der Waals surface area contributed by atoms with Gasteiger partial charge in [-0.1, -0.05) is 12.2 Å². The molecule has 0 bridgehead atoms. The largest absolute Gasteiger partial charge is 0.507 e. The van der Waals surface area contributed by atoms with Crippen LogP contribution in [0.4, 0.5) is 5.69 Å². The van der Waals surface area contributed by atoms with Crippen LogP contribution in [0.2, 0.25) is 0 Å². The number of hydrogen-bond donors (Lipinski definition) is 2. The third-order valence-electron chi connectivity index (χ3n) is 5.91. The molecule has 0 aromatic heterocycles. The van der Waals surface area contributed by atoms with Crippen LogP contribution in [0.1, 0.15) is 36.5 Å². The van der Waals surface area contributed by atoms with Crippen molar-refractivity contribution in [3.05, 3.63) is 51.0 Å². The molecule has 0 saturated carbocycles. The van der Waals surface area contributed by atoms with E-state index in [0.29, 0.717) is 11.1 Å². The van der Waals surface area contributed by atoms with Crippen LogP contribution < -0.4 is 4.90 Å². The van der Waals surface area contributed by atoms with E-state index in [0.717, 1.165) is 60.5 Å². The summed E-state index contributed by atoms with van der Waals surface area (Å²) in [6.45, 7) is 10.4. The van der Waals surface area contributed by atoms with Crippen LogP contribution in [-0.2, 0) is 22.4 Å². The Morgan fingerprint density at radius 1 is 1.33 bits per heavy atom. The standard InChI is InChI=1S/C22H21N3O4S/c1-12-16(21(29)25(11-17(26)27)22(30)18(12)23-2)10-14-9-13-5-3-7-24-8-4-6-15(19(13)24)20(14)28/h9-10,28H,3-8,11H2,1H3,(H,26,27)/b16-10-. The molecule has 3 aliphatic heterocycles. The maximum atomic E-state index is 13.0. The second-order valence-electron chi connectivity index (χ2n) is 7.73. The summed E-state index contributed by atoms with van der Waals surface area (Å²) in [6.07, 6.45) is 5.24. The molecule has 0 atom stereocenters. The van der Waals surface area contributed by atoms with Gasteiger partial charge in [0.2, 0.25) is 5.70 Å². The number of phenols is 1. The Labute approximate surface area is 179 Å². The highest BCUT2D eigenvalue weighted by Gasteiger charge is 2.35. The van der Waals surface area contributed by atoms with Crippen LogP contribution >= 0.6 is 12.2 Å². The van der Waals surface area contributed by atoms with E-state index in [2.05, 4.69) is 9.74 Å². The van der Waals surface area contributed by atoms with Crippen molar-refractivity contribution in [1.82, 2.24) is 4.90 Å². The summed E-state index contributed by atoms with van der Waals surface area (Å²) in [5, 5.41) is 20.2. The fourth-order valence-electron chi connectivity index (χ4n) is 4.53. The Bertz CT molecular complexity index is 1090. The number of phenolic OH excluding ortho intramolecular Hbond substituents is 1. The minimum Gasteiger partial charge on any atom is -0.507 e. The number of carbonyl (C=O) groups is 2. The lowest BCUT2D eigenvalue weighted by molar-refractivity contribution is -0.140. The van der Waals surface area contributed by atoms with E-state index in [9.17, 15) is 14.7 Å². The van der Waals surface area contributed by atoms with E-state index >= 15 is 0 Å². The van der Waals surface area contributed by atoms with Crippen molar-refractivity contribution in [2.24, 2.45) is 0 Å². The van der Waals surface area contributed by atoms with Gasteiger partial charge in [0, 0.05) is 35.5 Å². The van der Waals surface area contributed by atoms with E-state index in [4.69, 9.17) is 23.9 Å². The number of benzene rings is 1. The zero-order valence-corrected chi connectivity index (χ0v) is 17.4. The van der Waals surface area contributed by atoms with Gasteiger partial charge in [-0.05, 0) is 55.9 Å². The summed E-state index contributed by atoms with van der Waals surface area (Å²) in [6, 6.07) is 1.91. The number of thiocarbonyl (C=S) groups is 1. The third kappa shape index (κ3) is 3.15. The molecule has 0 radical (unpaired) electrons. The number of carboxylic acid groups (broad SMARTS) is 1. The number of nitrogens with zero attached hydrogens (tertiary/aromatic N) is 3. The molecule has 2 N–H and O–H groups in total. The van der Waals surface area contributed by atoms with Crippen molar-refractivity contribution in [2.75, 3.05) is 24.5 Å². The molecule has 1 aromatic rings. The van der Waals surface area contributed by atoms with Crippen molar-refractivity contribution in [2.45, 2.75) is 32.6 Å². The highest BCUT2D eigenvalue weighted by atomic mass is 32.1. The lowest BCUT2D eigenvalue weighted by atomic mass is 9.88. The van der Waals surface area contributed by atoms with Crippen LogP contribution in [0.15, 0.2) is 22.9 Å². The molecular formula is C22H21N3O4S. The molecule has 154 valence electrons. The maximum absolute atomic E-state index is 13.0. The van der Waals surface area contributed by atoms with Crippen molar-refractivity contribution in [3.8, 4) is 5.75 Å². The Morgan fingerprint density at radius 3 is 2.70 bits per heavy atom. The van der Waals surface area contributed by atoms with Gasteiger partial charge in [0.15, 0.2) is 0 Å². The number of carboxylic acids is 1. The van der Waals surface area contributed by atoms with Gasteiger partial charge in [-0.3, -0.25) is 14.5 Å². The summed E-state index contributed by atoms with van der Waals surface area (Å²) in [4.78, 5) is 30.9. The minimum atomic E-state index is -1.21. The van der Waals surface area contributed by atoms with Gasteiger partial charge in [0.05, 0.1) is 6.57 Å². The van der Waals surface area contributed by atoms with E-state index in [1.54, 1.807) is 13.0 Å². The van der Waals surface area contributed by atoms with E-state index in [1.807, 2.05) is 6.07 Å². The van der Waals surface area contributed by atoms with Gasteiger partial charge in [0.1, 0.15) is 17.3 Å². The van der Waals surface area contributed by atoms with E-state index in [1.165, 1.54) is 0 Å². The molecule has 0 aliphatic carbocycles. The lowest BCUT2D eigenvalue weighted by Gasteiger charge is -2.37. The number of hydrogen-bond acceptors (Lipinski definition) is 5. The molecule has 0 saturated heterocycles. The zero-order chi connectivity index (χ0) is 21.6. The Morgan fingerprint density at radius 2 is 2.03 bits per heavy atom. The number of aliphatic carboxylic acids is 1. The highest BCUT2D eigenvalue weighted by molar-refractivity contribution is 7.80. The molecule has 3 aliphatic rings. The molecule has 1 aromatic carbocycles. The van der Waals surface area contributed by atoms with Crippen LogP contribution in [0, 0.1) is 6.57 Å². The number of amides is 1. The molecule has 4 rings (SSSR count). The first-order valence-corrected chi connectivity index (χ1v) is 10.2. The predicted octanol–water partition coefficient (Wildman–Crippen LogP) is 2.92. The first-order valence-electron chi connectivity index (χ1n) is 9.84. The first-order chi connectivity index (χ1) is 14.3. The number of carbonyl (C=O) groups excluding carboxylic acids is 1. The van der Waals surface area contributed by atoms with Crippen molar-refractivity contribution in [3.63, 3.8) is 0 Å². The summed E-state index contributed by atoms with van der Waals surface area (Å²) >= 11 is 5.19. The van der Waals surface area contributed by atoms with Crippen molar-refractivity contribution < 1.29 is 19.8 Å². The molecule has 8 heteroatoms. The summed E-state index contributed by atoms with van der Waals surface area (Å²) in [5.41, 5.74) is 4.35. The van der Waals surface area contributed by atoms with Crippen molar-refractivity contribution in [1.29, 1.82) is 0 Å². The maximum Gasteiger partial charge on any atom is 0.323 e. The molecule has 3 heterocycles. The van der Waals surface area contributed by atoms with Gasteiger partial charge < -0.3 is 15.1 Å². The zero-order valence-electron chi connectivity index (χ0n) is 16.6. The normalized spacial score (nSPS) is 19.8. The first kappa shape index (κ1) is 20.1. The molecule has 30 heavy (non-hydrogen) atoms. The second kappa shape index (κ2) is 7.58. The topological polar surface area (TPSA) is 85.4 Å². The fraction of sp³-hybridized carbons (Fsp3) is 0.364. The van der Waals surface area contributed by atoms with Gasteiger partial charge in [0.25, 0.3) is 5.91 Å². The van der Waals surface area contributed by atoms with Crippen LogP contribution in [0.5, 0.6) is 5.75 Å². The van der Waals surface area contributed by atoms with Crippen LogP contribution in [0.3, 0.4) is 0 Å². The quantitative estimate of drug-likeness (QED) is 0.442.